The van der Waals surface area contributed by atoms with Gasteiger partial charge in [0.2, 0.25) is 0 Å². The van der Waals surface area contributed by atoms with Gasteiger partial charge in [0.15, 0.2) is 0 Å². The quantitative estimate of drug-likeness (QED) is 0.530. The molecule has 0 aliphatic heterocycles. The van der Waals surface area contributed by atoms with Crippen molar-refractivity contribution >= 4 is 22.0 Å². The zero-order valence-corrected chi connectivity index (χ0v) is 16.2. The summed E-state index contributed by atoms with van der Waals surface area (Å²) in [5.41, 5.74) is 2.92. The molecule has 3 aromatic carbocycles. The van der Waals surface area contributed by atoms with Crippen molar-refractivity contribution in [2.45, 2.75) is 12.5 Å². The molecule has 0 aliphatic rings. The Kier molecular flexibility index (Phi) is 6.49. The second kappa shape index (κ2) is 9.24. The first kappa shape index (κ1) is 19.0. The van der Waals surface area contributed by atoms with Gasteiger partial charge < -0.3 is 15.2 Å². The number of benzene rings is 3. The molecule has 0 spiro atoms. The molecule has 0 radical (unpaired) electrons. The second-order valence-corrected chi connectivity index (χ2v) is 7.01. The van der Waals surface area contributed by atoms with E-state index in [1.807, 2.05) is 66.7 Å². The van der Waals surface area contributed by atoms with Crippen LogP contribution < -0.4 is 10.1 Å². The minimum absolute atomic E-state index is 0.446. The summed E-state index contributed by atoms with van der Waals surface area (Å²) in [6.45, 7) is 0.549. The van der Waals surface area contributed by atoms with Crippen molar-refractivity contribution in [1.82, 2.24) is 5.32 Å². The van der Waals surface area contributed by atoms with Crippen molar-refractivity contribution in [3.8, 4) is 5.75 Å². The van der Waals surface area contributed by atoms with Crippen molar-refractivity contribution < 1.29 is 14.6 Å². The molecule has 4 nitrogen and oxygen atoms in total. The predicted octanol–water partition coefficient (Wildman–Crippen LogP) is 5.43. The van der Waals surface area contributed by atoms with Gasteiger partial charge in [-0.25, -0.2) is 4.79 Å². The van der Waals surface area contributed by atoms with Gasteiger partial charge in [-0.15, -0.1) is 0 Å². The van der Waals surface area contributed by atoms with E-state index >= 15 is 0 Å². The fourth-order valence-electron chi connectivity index (χ4n) is 2.85. The molecular weight excluding hydrogens is 406 g/mol. The molecule has 0 fully saturated rings. The SMILES string of the molecule is O=C(O)NC(c1ccccc1)c1cccc(OCCc2ccc(Br)cc2)c1. The summed E-state index contributed by atoms with van der Waals surface area (Å²) in [6.07, 6.45) is -0.266. The molecule has 0 bridgehead atoms. The lowest BCUT2D eigenvalue weighted by molar-refractivity contribution is 0.191. The maximum absolute atomic E-state index is 11.2. The number of amides is 1. The number of carbonyl (C=O) groups is 1. The van der Waals surface area contributed by atoms with Crippen LogP contribution in [0.3, 0.4) is 0 Å². The molecule has 0 heterocycles. The molecule has 0 aromatic heterocycles. The zero-order chi connectivity index (χ0) is 19.1. The monoisotopic (exact) mass is 425 g/mol. The number of halogens is 1. The smallest absolute Gasteiger partial charge is 0.405 e. The Morgan fingerprint density at radius 1 is 0.963 bits per heavy atom. The molecule has 0 saturated carbocycles. The number of rotatable bonds is 7. The summed E-state index contributed by atoms with van der Waals surface area (Å²) in [7, 11) is 0. The molecule has 3 rings (SSSR count). The summed E-state index contributed by atoms with van der Waals surface area (Å²) in [5.74, 6) is 0.720. The highest BCUT2D eigenvalue weighted by Gasteiger charge is 2.16. The lowest BCUT2D eigenvalue weighted by atomic mass is 9.98. The van der Waals surface area contributed by atoms with Crippen LogP contribution in [0.15, 0.2) is 83.3 Å². The zero-order valence-electron chi connectivity index (χ0n) is 14.6. The van der Waals surface area contributed by atoms with Crippen LogP contribution in [-0.4, -0.2) is 17.8 Å². The van der Waals surface area contributed by atoms with Crippen molar-refractivity contribution in [3.63, 3.8) is 0 Å². The van der Waals surface area contributed by atoms with E-state index in [9.17, 15) is 9.90 Å². The summed E-state index contributed by atoms with van der Waals surface area (Å²) >= 11 is 3.43. The average molecular weight is 426 g/mol. The summed E-state index contributed by atoms with van der Waals surface area (Å²) in [6, 6.07) is 24.7. The molecule has 138 valence electrons. The van der Waals surface area contributed by atoms with Crippen LogP contribution in [0.2, 0.25) is 0 Å². The van der Waals surface area contributed by atoms with Gasteiger partial charge in [-0.2, -0.15) is 0 Å². The van der Waals surface area contributed by atoms with Crippen LogP contribution in [0.5, 0.6) is 5.75 Å². The first-order valence-corrected chi connectivity index (χ1v) is 9.43. The van der Waals surface area contributed by atoms with Crippen LogP contribution in [-0.2, 0) is 6.42 Å². The molecule has 0 saturated heterocycles. The van der Waals surface area contributed by atoms with E-state index < -0.39 is 12.1 Å². The standard InChI is InChI=1S/C22H20BrNO3/c23-19-11-9-16(10-12-19)13-14-27-20-8-4-7-18(15-20)21(24-22(25)26)17-5-2-1-3-6-17/h1-12,15,21,24H,13-14H2,(H,25,26). The lowest BCUT2D eigenvalue weighted by Gasteiger charge is -2.19. The van der Waals surface area contributed by atoms with Gasteiger partial charge >= 0.3 is 6.09 Å². The molecule has 1 unspecified atom stereocenters. The number of ether oxygens (including phenoxy) is 1. The van der Waals surface area contributed by atoms with Gasteiger partial charge in [0.05, 0.1) is 12.6 Å². The molecule has 3 aromatic rings. The van der Waals surface area contributed by atoms with Crippen LogP contribution >= 0.6 is 15.9 Å². The van der Waals surface area contributed by atoms with E-state index in [2.05, 4.69) is 33.4 Å². The molecule has 1 atom stereocenters. The Labute approximate surface area is 166 Å². The summed E-state index contributed by atoms with van der Waals surface area (Å²) in [5, 5.41) is 11.8. The molecule has 1 amide bonds. The normalized spacial score (nSPS) is 11.6. The minimum atomic E-state index is -1.06. The van der Waals surface area contributed by atoms with E-state index in [4.69, 9.17) is 4.74 Å². The van der Waals surface area contributed by atoms with E-state index in [-0.39, 0.29) is 0 Å². The Hall–Kier alpha value is -2.79. The maximum atomic E-state index is 11.2. The third-order valence-electron chi connectivity index (χ3n) is 4.16. The molecule has 0 aliphatic carbocycles. The van der Waals surface area contributed by atoms with Gasteiger partial charge in [-0.3, -0.25) is 0 Å². The molecule has 27 heavy (non-hydrogen) atoms. The van der Waals surface area contributed by atoms with Gasteiger partial charge in [0, 0.05) is 10.9 Å². The van der Waals surface area contributed by atoms with Gasteiger partial charge in [-0.05, 0) is 41.0 Å². The van der Waals surface area contributed by atoms with Crippen molar-refractivity contribution in [3.05, 3.63) is 100 Å². The van der Waals surface area contributed by atoms with Gasteiger partial charge in [0.25, 0.3) is 0 Å². The Bertz CT molecular complexity index is 882. The predicted molar refractivity (Wildman–Crippen MR) is 109 cm³/mol. The molecule has 5 heteroatoms. The van der Waals surface area contributed by atoms with Crippen molar-refractivity contribution in [2.75, 3.05) is 6.61 Å². The maximum Gasteiger partial charge on any atom is 0.405 e. The van der Waals surface area contributed by atoms with Gasteiger partial charge in [-0.1, -0.05) is 70.5 Å². The fraction of sp³-hybridized carbons (Fsp3) is 0.136. The van der Waals surface area contributed by atoms with E-state index in [1.54, 1.807) is 0 Å². The topological polar surface area (TPSA) is 58.6 Å². The van der Waals surface area contributed by atoms with E-state index in [0.717, 1.165) is 27.8 Å². The Balaban J connectivity index is 1.70. The third-order valence-corrected chi connectivity index (χ3v) is 4.69. The second-order valence-electron chi connectivity index (χ2n) is 6.09. The Morgan fingerprint density at radius 2 is 1.67 bits per heavy atom. The number of nitrogens with one attached hydrogen (secondary N) is 1. The Morgan fingerprint density at radius 3 is 2.37 bits per heavy atom. The number of carboxylic acid groups (broad SMARTS) is 1. The fourth-order valence-corrected chi connectivity index (χ4v) is 3.11. The lowest BCUT2D eigenvalue weighted by Crippen LogP contribution is -2.27. The summed E-state index contributed by atoms with van der Waals surface area (Å²) in [4.78, 5) is 11.2. The van der Waals surface area contributed by atoms with Crippen LogP contribution in [0.4, 0.5) is 4.79 Å². The van der Waals surface area contributed by atoms with Crippen LogP contribution in [0.25, 0.3) is 0 Å². The van der Waals surface area contributed by atoms with Crippen LogP contribution in [0, 0.1) is 0 Å². The highest BCUT2D eigenvalue weighted by Crippen LogP contribution is 2.25. The van der Waals surface area contributed by atoms with E-state index in [1.165, 1.54) is 5.56 Å². The van der Waals surface area contributed by atoms with E-state index in [0.29, 0.717) is 6.61 Å². The first-order chi connectivity index (χ1) is 13.1. The van der Waals surface area contributed by atoms with Crippen LogP contribution in [0.1, 0.15) is 22.7 Å². The highest BCUT2D eigenvalue weighted by atomic mass is 79.9. The van der Waals surface area contributed by atoms with Gasteiger partial charge in [0.1, 0.15) is 5.75 Å². The number of hydrogen-bond donors (Lipinski definition) is 2. The number of hydrogen-bond acceptors (Lipinski definition) is 2. The van der Waals surface area contributed by atoms with Crippen molar-refractivity contribution in [2.24, 2.45) is 0 Å². The van der Waals surface area contributed by atoms with Crippen molar-refractivity contribution in [1.29, 1.82) is 0 Å². The molecule has 2 N–H and O–H groups in total. The third kappa shape index (κ3) is 5.59. The summed E-state index contributed by atoms with van der Waals surface area (Å²) < 4.78 is 6.94. The highest BCUT2D eigenvalue weighted by molar-refractivity contribution is 9.10. The largest absolute Gasteiger partial charge is 0.493 e. The molecular formula is C22H20BrNO3. The average Bonchev–Trinajstić information content (AvgIpc) is 2.68. The minimum Gasteiger partial charge on any atom is -0.493 e. The first-order valence-electron chi connectivity index (χ1n) is 8.63.